The van der Waals surface area contributed by atoms with Crippen LogP contribution in [0.3, 0.4) is 0 Å². The second kappa shape index (κ2) is 9.88. The minimum atomic E-state index is -1.15. The van der Waals surface area contributed by atoms with E-state index in [0.717, 1.165) is 25.7 Å². The van der Waals surface area contributed by atoms with Gasteiger partial charge in [-0.05, 0) is 83.5 Å². The fourth-order valence-corrected chi connectivity index (χ4v) is 6.11. The summed E-state index contributed by atoms with van der Waals surface area (Å²) in [4.78, 5) is 41.4. The van der Waals surface area contributed by atoms with E-state index in [9.17, 15) is 23.9 Å². The average molecular weight is 466 g/mol. The first-order chi connectivity index (χ1) is 15.7. The van der Waals surface area contributed by atoms with Gasteiger partial charge in [-0.25, -0.2) is 4.39 Å². The fourth-order valence-electron chi connectivity index (χ4n) is 6.11. The molecule has 3 amide bonds. The number of hydrogen-bond acceptors (Lipinski definition) is 4. The van der Waals surface area contributed by atoms with Crippen molar-refractivity contribution in [2.24, 2.45) is 23.7 Å². The number of aliphatic hydroxyl groups is 1. The summed E-state index contributed by atoms with van der Waals surface area (Å²) in [6.07, 6.45) is 5.15. The highest BCUT2D eigenvalue weighted by atomic mass is 19.1. The molecule has 0 radical (unpaired) electrons. The molecule has 4 fully saturated rings. The molecular weight excluding hydrogens is 425 g/mol. The Kier molecular flexibility index (Phi) is 7.32. The van der Waals surface area contributed by atoms with E-state index >= 15 is 0 Å². The molecule has 0 aromatic rings. The van der Waals surface area contributed by atoms with E-state index in [4.69, 9.17) is 0 Å². The van der Waals surface area contributed by atoms with E-state index in [0.29, 0.717) is 58.3 Å². The third-order valence-corrected chi connectivity index (χ3v) is 8.34. The maximum absolute atomic E-state index is 14.8. The first kappa shape index (κ1) is 24.4. The number of hydrogen-bond donors (Lipinski definition) is 2. The predicted octanol–water partition coefficient (Wildman–Crippen LogP) is 2.27. The van der Waals surface area contributed by atoms with E-state index in [1.165, 1.54) is 0 Å². The summed E-state index contributed by atoms with van der Waals surface area (Å²) in [6, 6.07) is 0.0963. The summed E-state index contributed by atoms with van der Waals surface area (Å²) < 4.78 is 14.8. The monoisotopic (exact) mass is 465 g/mol. The summed E-state index contributed by atoms with van der Waals surface area (Å²) in [5.41, 5.74) is -1.15. The quantitative estimate of drug-likeness (QED) is 0.652. The molecule has 0 bridgehead atoms. The van der Waals surface area contributed by atoms with Gasteiger partial charge in [-0.2, -0.15) is 0 Å². The van der Waals surface area contributed by atoms with Crippen LogP contribution in [0.4, 0.5) is 4.39 Å². The van der Waals surface area contributed by atoms with Crippen molar-refractivity contribution in [2.75, 3.05) is 26.2 Å². The zero-order valence-corrected chi connectivity index (χ0v) is 20.1. The minimum Gasteiger partial charge on any atom is -0.380 e. The molecule has 2 N–H and O–H groups in total. The van der Waals surface area contributed by atoms with Gasteiger partial charge in [-0.15, -0.1) is 0 Å². The Morgan fingerprint density at radius 2 is 1.48 bits per heavy atom. The highest BCUT2D eigenvalue weighted by molar-refractivity contribution is 5.88. The number of carbonyl (C=O) groups excluding carboxylic acids is 3. The number of amides is 3. The molecule has 3 aliphatic carbocycles. The molecule has 186 valence electrons. The lowest BCUT2D eigenvalue weighted by molar-refractivity contribution is -0.148. The third kappa shape index (κ3) is 5.52. The number of nitrogens with one attached hydrogen (secondary N) is 1. The maximum Gasteiger partial charge on any atom is 0.254 e. The SMILES string of the molecule is CC(C)NC(=O)C1CCC(F)C(C2CCC(C(=O)N3CCN(C(=O)C4(O)CC4)CC3)CC2)C1. The van der Waals surface area contributed by atoms with Crippen LogP contribution < -0.4 is 5.32 Å². The first-order valence-electron chi connectivity index (χ1n) is 12.9. The molecule has 1 heterocycles. The highest BCUT2D eigenvalue weighted by Gasteiger charge is 2.50. The van der Waals surface area contributed by atoms with E-state index in [-0.39, 0.29) is 47.4 Å². The number of carbonyl (C=O) groups is 3. The van der Waals surface area contributed by atoms with Crippen LogP contribution in [0.5, 0.6) is 0 Å². The van der Waals surface area contributed by atoms with Crippen molar-refractivity contribution in [3.63, 3.8) is 0 Å². The normalized spacial score (nSPS) is 34.2. The summed E-state index contributed by atoms with van der Waals surface area (Å²) in [5.74, 6) is 0.0449. The largest absolute Gasteiger partial charge is 0.380 e. The molecule has 0 aromatic carbocycles. The first-order valence-corrected chi connectivity index (χ1v) is 12.9. The van der Waals surface area contributed by atoms with Crippen LogP contribution in [0.25, 0.3) is 0 Å². The van der Waals surface area contributed by atoms with Gasteiger partial charge in [0.05, 0.1) is 0 Å². The van der Waals surface area contributed by atoms with Gasteiger partial charge in [-0.3, -0.25) is 14.4 Å². The fraction of sp³-hybridized carbons (Fsp3) is 0.880. The second-order valence-corrected chi connectivity index (χ2v) is 11.1. The predicted molar refractivity (Wildman–Crippen MR) is 122 cm³/mol. The van der Waals surface area contributed by atoms with Gasteiger partial charge in [0.1, 0.15) is 11.8 Å². The lowest BCUT2D eigenvalue weighted by Crippen LogP contribution is -2.54. The average Bonchev–Trinajstić information content (AvgIpc) is 3.56. The maximum atomic E-state index is 14.8. The van der Waals surface area contributed by atoms with Crippen molar-refractivity contribution in [2.45, 2.75) is 89.4 Å². The zero-order valence-electron chi connectivity index (χ0n) is 20.1. The van der Waals surface area contributed by atoms with Crippen molar-refractivity contribution >= 4 is 17.7 Å². The molecule has 3 atom stereocenters. The van der Waals surface area contributed by atoms with Crippen LogP contribution in [0.15, 0.2) is 0 Å². The van der Waals surface area contributed by atoms with Crippen LogP contribution >= 0.6 is 0 Å². The molecule has 7 nitrogen and oxygen atoms in total. The number of rotatable bonds is 5. The smallest absolute Gasteiger partial charge is 0.254 e. The van der Waals surface area contributed by atoms with Gasteiger partial charge in [0.25, 0.3) is 5.91 Å². The van der Waals surface area contributed by atoms with Crippen LogP contribution in [0, 0.1) is 23.7 Å². The summed E-state index contributed by atoms with van der Waals surface area (Å²) in [6.45, 7) is 5.89. The number of piperazine rings is 1. The molecule has 3 unspecified atom stereocenters. The second-order valence-electron chi connectivity index (χ2n) is 11.1. The molecule has 1 saturated heterocycles. The van der Waals surface area contributed by atoms with Gasteiger partial charge in [-0.1, -0.05) is 0 Å². The third-order valence-electron chi connectivity index (χ3n) is 8.34. The Morgan fingerprint density at radius 1 is 0.909 bits per heavy atom. The Morgan fingerprint density at radius 3 is 2.06 bits per heavy atom. The summed E-state index contributed by atoms with van der Waals surface area (Å²) >= 11 is 0. The van der Waals surface area contributed by atoms with E-state index in [1.54, 1.807) is 4.90 Å². The van der Waals surface area contributed by atoms with E-state index in [2.05, 4.69) is 5.32 Å². The zero-order chi connectivity index (χ0) is 23.8. The Balaban J connectivity index is 1.24. The molecule has 8 heteroatoms. The minimum absolute atomic E-state index is 0.0298. The van der Waals surface area contributed by atoms with Crippen molar-refractivity contribution in [3.8, 4) is 0 Å². The van der Waals surface area contributed by atoms with E-state index in [1.807, 2.05) is 18.7 Å². The van der Waals surface area contributed by atoms with Gasteiger partial charge >= 0.3 is 0 Å². The van der Waals surface area contributed by atoms with Crippen molar-refractivity contribution in [3.05, 3.63) is 0 Å². The molecule has 4 rings (SSSR count). The van der Waals surface area contributed by atoms with Crippen molar-refractivity contribution in [1.29, 1.82) is 0 Å². The van der Waals surface area contributed by atoms with Crippen LogP contribution in [0.2, 0.25) is 0 Å². The highest BCUT2D eigenvalue weighted by Crippen LogP contribution is 2.43. The Bertz CT molecular complexity index is 740. The molecule has 0 aromatic heterocycles. The number of halogens is 1. The molecule has 33 heavy (non-hydrogen) atoms. The molecule has 1 aliphatic heterocycles. The van der Waals surface area contributed by atoms with Gasteiger partial charge in [0.15, 0.2) is 0 Å². The van der Waals surface area contributed by atoms with Crippen molar-refractivity contribution < 1.29 is 23.9 Å². The number of nitrogens with zero attached hydrogens (tertiary/aromatic N) is 2. The number of alkyl halides is 1. The van der Waals surface area contributed by atoms with Crippen molar-refractivity contribution in [1.82, 2.24) is 15.1 Å². The Labute approximate surface area is 196 Å². The molecule has 3 saturated carbocycles. The van der Waals surface area contributed by atoms with Gasteiger partial charge < -0.3 is 20.2 Å². The van der Waals surface area contributed by atoms with Crippen LogP contribution in [0.1, 0.15) is 71.6 Å². The molecule has 4 aliphatic rings. The lowest BCUT2D eigenvalue weighted by atomic mass is 9.67. The summed E-state index contributed by atoms with van der Waals surface area (Å²) in [5, 5.41) is 13.0. The standard InChI is InChI=1S/C25H40FN3O4/c1-16(2)27-22(30)19-7-8-21(26)20(15-19)17-3-5-18(6-4-17)23(31)28-11-13-29(14-12-28)24(32)25(33)9-10-25/h16-21,33H,3-15H2,1-2H3,(H,27,30). The van der Waals surface area contributed by atoms with Crippen LogP contribution in [-0.2, 0) is 14.4 Å². The molecular formula is C25H40FN3O4. The topological polar surface area (TPSA) is 90.0 Å². The van der Waals surface area contributed by atoms with Crippen LogP contribution in [-0.4, -0.2) is 76.6 Å². The Hall–Kier alpha value is -1.70. The van der Waals surface area contributed by atoms with Gasteiger partial charge in [0, 0.05) is 44.1 Å². The molecule has 0 spiro atoms. The summed E-state index contributed by atoms with van der Waals surface area (Å²) in [7, 11) is 0. The van der Waals surface area contributed by atoms with Gasteiger partial charge in [0.2, 0.25) is 11.8 Å². The lowest BCUT2D eigenvalue weighted by Gasteiger charge is -2.41. The van der Waals surface area contributed by atoms with E-state index < -0.39 is 11.8 Å².